The van der Waals surface area contributed by atoms with Gasteiger partial charge in [0, 0.05) is 6.54 Å². The van der Waals surface area contributed by atoms with E-state index in [0.29, 0.717) is 25.8 Å². The number of carbonyl (C=O) groups is 2. The molecule has 0 aromatic carbocycles. The van der Waals surface area contributed by atoms with E-state index in [2.05, 4.69) is 15.3 Å². The number of hydrogen-bond donors (Lipinski definition) is 3. The van der Waals surface area contributed by atoms with Crippen LogP contribution in [0.4, 0.5) is 0 Å². The fourth-order valence-corrected chi connectivity index (χ4v) is 1.39. The summed E-state index contributed by atoms with van der Waals surface area (Å²) in [7, 11) is 0. The Balaban J connectivity index is 2.39. The van der Waals surface area contributed by atoms with Crippen molar-refractivity contribution in [2.45, 2.75) is 32.3 Å². The third-order valence-electron chi connectivity index (χ3n) is 2.57. The fourth-order valence-electron chi connectivity index (χ4n) is 1.39. The monoisotopic (exact) mass is 267 g/mol. The molecule has 0 fully saturated rings. The van der Waals surface area contributed by atoms with Crippen LogP contribution in [0.3, 0.4) is 0 Å². The Kier molecular flexibility index (Phi) is 5.87. The van der Waals surface area contributed by atoms with Crippen LogP contribution in [0.25, 0.3) is 0 Å². The molecular weight excluding hydrogens is 250 g/mol. The lowest BCUT2D eigenvalue weighted by molar-refractivity contribution is 0.0689. The summed E-state index contributed by atoms with van der Waals surface area (Å²) in [5, 5.41) is 20.6. The maximum atomic E-state index is 11.6. The number of aliphatic hydroxyl groups excluding tert-OH is 1. The van der Waals surface area contributed by atoms with Gasteiger partial charge in [0.15, 0.2) is 5.69 Å². The third kappa shape index (κ3) is 5.01. The highest BCUT2D eigenvalue weighted by Gasteiger charge is 2.10. The number of rotatable bonds is 7. The first-order valence-electron chi connectivity index (χ1n) is 6.06. The number of hydrogen-bond acceptors (Lipinski definition) is 5. The van der Waals surface area contributed by atoms with Crippen LogP contribution in [0, 0.1) is 0 Å². The topological polar surface area (TPSA) is 112 Å². The van der Waals surface area contributed by atoms with E-state index in [9.17, 15) is 14.7 Å². The van der Waals surface area contributed by atoms with Crippen LogP contribution in [0.1, 0.15) is 47.2 Å². The molecule has 3 N–H and O–H groups in total. The molecular formula is C12H17N3O4. The zero-order valence-electron chi connectivity index (χ0n) is 10.7. The van der Waals surface area contributed by atoms with Gasteiger partial charge in [-0.2, -0.15) is 0 Å². The largest absolute Gasteiger partial charge is 0.476 e. The van der Waals surface area contributed by atoms with E-state index in [0.717, 1.165) is 12.4 Å². The third-order valence-corrected chi connectivity index (χ3v) is 2.57. The van der Waals surface area contributed by atoms with Crippen LogP contribution in [0.15, 0.2) is 12.4 Å². The van der Waals surface area contributed by atoms with Crippen LogP contribution in [-0.4, -0.2) is 44.7 Å². The Labute approximate surface area is 110 Å². The molecule has 1 atom stereocenters. The lowest BCUT2D eigenvalue weighted by Crippen LogP contribution is -2.26. The molecule has 19 heavy (non-hydrogen) atoms. The van der Waals surface area contributed by atoms with Gasteiger partial charge in [0.25, 0.3) is 5.91 Å². The highest BCUT2D eigenvalue weighted by molar-refractivity contribution is 5.92. The first-order valence-corrected chi connectivity index (χ1v) is 6.06. The van der Waals surface area contributed by atoms with Crippen molar-refractivity contribution >= 4 is 11.9 Å². The number of aromatic nitrogens is 2. The minimum absolute atomic E-state index is 0.0704. The van der Waals surface area contributed by atoms with Crippen LogP contribution < -0.4 is 5.32 Å². The normalized spacial score (nSPS) is 11.9. The molecule has 1 aromatic rings. The molecule has 7 nitrogen and oxygen atoms in total. The quantitative estimate of drug-likeness (QED) is 0.618. The van der Waals surface area contributed by atoms with Crippen LogP contribution in [0.5, 0.6) is 0 Å². The van der Waals surface area contributed by atoms with E-state index in [-0.39, 0.29) is 17.5 Å². The SMILES string of the molecule is CCC(O)CCCNC(=O)c1cnc(C(=O)O)cn1. The number of carboxylic acids is 1. The fraction of sp³-hybridized carbons (Fsp3) is 0.500. The van der Waals surface area contributed by atoms with Crippen molar-refractivity contribution in [3.63, 3.8) is 0 Å². The summed E-state index contributed by atoms with van der Waals surface area (Å²) < 4.78 is 0. The summed E-state index contributed by atoms with van der Waals surface area (Å²) in [6.07, 6.45) is 3.81. The summed E-state index contributed by atoms with van der Waals surface area (Å²) in [6, 6.07) is 0. The van der Waals surface area contributed by atoms with E-state index in [1.807, 2.05) is 6.92 Å². The molecule has 1 rings (SSSR count). The van der Waals surface area contributed by atoms with Crippen molar-refractivity contribution in [1.82, 2.24) is 15.3 Å². The summed E-state index contributed by atoms with van der Waals surface area (Å²) >= 11 is 0. The number of nitrogens with one attached hydrogen (secondary N) is 1. The summed E-state index contributed by atoms with van der Waals surface area (Å²) in [6.45, 7) is 2.32. The standard InChI is InChI=1S/C12H17N3O4/c1-2-8(16)4-3-5-13-11(17)9-6-15-10(7-14-9)12(18)19/h6-8,16H,2-5H2,1H3,(H,13,17)(H,18,19). The Hall–Kier alpha value is -2.02. The maximum Gasteiger partial charge on any atom is 0.356 e. The molecule has 1 unspecified atom stereocenters. The summed E-state index contributed by atoms with van der Waals surface area (Å²) in [4.78, 5) is 29.5. The molecule has 0 spiro atoms. The lowest BCUT2D eigenvalue weighted by atomic mass is 10.1. The van der Waals surface area contributed by atoms with Gasteiger partial charge in [0.1, 0.15) is 5.69 Å². The van der Waals surface area contributed by atoms with Gasteiger partial charge in [-0.1, -0.05) is 6.92 Å². The second-order valence-electron chi connectivity index (χ2n) is 4.05. The van der Waals surface area contributed by atoms with Crippen LogP contribution in [0.2, 0.25) is 0 Å². The molecule has 0 saturated carbocycles. The van der Waals surface area contributed by atoms with Gasteiger partial charge in [-0.3, -0.25) is 4.79 Å². The number of carboxylic acid groups (broad SMARTS) is 1. The van der Waals surface area contributed by atoms with Crippen molar-refractivity contribution in [2.24, 2.45) is 0 Å². The molecule has 0 radical (unpaired) electrons. The minimum atomic E-state index is -1.19. The minimum Gasteiger partial charge on any atom is -0.476 e. The van der Waals surface area contributed by atoms with Gasteiger partial charge in [0.05, 0.1) is 18.5 Å². The second kappa shape index (κ2) is 7.42. The lowest BCUT2D eigenvalue weighted by Gasteiger charge is -2.08. The zero-order valence-corrected chi connectivity index (χ0v) is 10.7. The first-order chi connectivity index (χ1) is 9.04. The van der Waals surface area contributed by atoms with E-state index >= 15 is 0 Å². The Bertz CT molecular complexity index is 433. The molecule has 7 heteroatoms. The van der Waals surface area contributed by atoms with Gasteiger partial charge in [-0.15, -0.1) is 0 Å². The number of aromatic carboxylic acids is 1. The number of nitrogens with zero attached hydrogens (tertiary/aromatic N) is 2. The number of amides is 1. The highest BCUT2D eigenvalue weighted by atomic mass is 16.4. The molecule has 0 aliphatic carbocycles. The van der Waals surface area contributed by atoms with E-state index in [4.69, 9.17) is 5.11 Å². The predicted octanol–water partition coefficient (Wildman–Crippen LogP) is 0.456. The first kappa shape index (κ1) is 15.0. The molecule has 1 aromatic heterocycles. The van der Waals surface area contributed by atoms with E-state index < -0.39 is 11.9 Å². The summed E-state index contributed by atoms with van der Waals surface area (Å²) in [5.41, 5.74) is -0.136. The smallest absolute Gasteiger partial charge is 0.356 e. The van der Waals surface area contributed by atoms with Crippen molar-refractivity contribution in [3.8, 4) is 0 Å². The molecule has 0 saturated heterocycles. The van der Waals surface area contributed by atoms with Crippen molar-refractivity contribution < 1.29 is 19.8 Å². The molecule has 1 heterocycles. The van der Waals surface area contributed by atoms with E-state index in [1.165, 1.54) is 0 Å². The predicted molar refractivity (Wildman–Crippen MR) is 66.9 cm³/mol. The molecule has 0 aliphatic rings. The Morgan fingerprint density at radius 1 is 1.32 bits per heavy atom. The Morgan fingerprint density at radius 3 is 2.47 bits per heavy atom. The average molecular weight is 267 g/mol. The van der Waals surface area contributed by atoms with Crippen LogP contribution >= 0.6 is 0 Å². The van der Waals surface area contributed by atoms with Gasteiger partial charge < -0.3 is 15.5 Å². The van der Waals surface area contributed by atoms with Gasteiger partial charge in [0.2, 0.25) is 0 Å². The molecule has 104 valence electrons. The molecule has 1 amide bonds. The van der Waals surface area contributed by atoms with Crippen molar-refractivity contribution in [1.29, 1.82) is 0 Å². The van der Waals surface area contributed by atoms with Gasteiger partial charge in [-0.25, -0.2) is 14.8 Å². The van der Waals surface area contributed by atoms with E-state index in [1.54, 1.807) is 0 Å². The number of aliphatic hydroxyl groups is 1. The maximum absolute atomic E-state index is 11.6. The summed E-state index contributed by atoms with van der Waals surface area (Å²) in [5.74, 6) is -1.59. The highest BCUT2D eigenvalue weighted by Crippen LogP contribution is 2.00. The number of carbonyl (C=O) groups excluding carboxylic acids is 1. The van der Waals surface area contributed by atoms with Crippen LogP contribution in [-0.2, 0) is 0 Å². The zero-order chi connectivity index (χ0) is 14.3. The average Bonchev–Trinajstić information content (AvgIpc) is 2.43. The van der Waals surface area contributed by atoms with Gasteiger partial charge >= 0.3 is 5.97 Å². The van der Waals surface area contributed by atoms with Crippen molar-refractivity contribution in [3.05, 3.63) is 23.8 Å². The second-order valence-corrected chi connectivity index (χ2v) is 4.05. The Morgan fingerprint density at radius 2 is 1.95 bits per heavy atom. The van der Waals surface area contributed by atoms with Gasteiger partial charge in [-0.05, 0) is 19.3 Å². The molecule has 0 bridgehead atoms. The van der Waals surface area contributed by atoms with Crippen molar-refractivity contribution in [2.75, 3.05) is 6.54 Å². The molecule has 0 aliphatic heterocycles.